The molecule has 0 spiro atoms. The Kier molecular flexibility index (Phi) is 4.15. The molecule has 3 rings (SSSR count). The molecule has 0 atom stereocenters. The zero-order chi connectivity index (χ0) is 16.2. The second-order valence-corrected chi connectivity index (χ2v) is 5.39. The van der Waals surface area contributed by atoms with E-state index in [1.54, 1.807) is 18.2 Å². The van der Waals surface area contributed by atoms with Crippen molar-refractivity contribution in [1.82, 2.24) is 14.8 Å². The number of nitrogens with zero attached hydrogens (tertiary/aromatic N) is 5. The number of hydrogen-bond acceptors (Lipinski definition) is 5. The maximum absolute atomic E-state index is 11.1. The van der Waals surface area contributed by atoms with E-state index in [2.05, 4.69) is 16.3 Å². The van der Waals surface area contributed by atoms with Gasteiger partial charge in [0, 0.05) is 19.0 Å². The molecule has 116 valence electrons. The first-order chi connectivity index (χ1) is 11.2. The zero-order valence-corrected chi connectivity index (χ0v) is 12.5. The normalized spacial score (nSPS) is 14.7. The van der Waals surface area contributed by atoms with E-state index in [9.17, 15) is 15.4 Å². The molecule has 0 radical (unpaired) electrons. The molecule has 1 aromatic heterocycles. The second kappa shape index (κ2) is 6.40. The SMILES string of the molecule is N#C/C(=C\c1ccccc1[N+](=O)[O-])c1nnc2n1CCCCC2. The van der Waals surface area contributed by atoms with E-state index in [4.69, 9.17) is 0 Å². The number of benzene rings is 1. The third kappa shape index (κ3) is 2.97. The predicted octanol–water partition coefficient (Wildman–Crippen LogP) is 2.98. The summed E-state index contributed by atoms with van der Waals surface area (Å²) in [7, 11) is 0. The van der Waals surface area contributed by atoms with Crippen molar-refractivity contribution in [2.24, 2.45) is 0 Å². The van der Waals surface area contributed by atoms with Gasteiger partial charge in [-0.2, -0.15) is 5.26 Å². The Morgan fingerprint density at radius 2 is 2.13 bits per heavy atom. The Hall–Kier alpha value is -3.01. The van der Waals surface area contributed by atoms with Gasteiger partial charge in [-0.25, -0.2) is 0 Å². The van der Waals surface area contributed by atoms with Crippen molar-refractivity contribution >= 4 is 17.3 Å². The molecular formula is C16H15N5O2. The lowest BCUT2D eigenvalue weighted by molar-refractivity contribution is -0.385. The maximum atomic E-state index is 11.1. The summed E-state index contributed by atoms with van der Waals surface area (Å²) in [6.45, 7) is 0.771. The minimum Gasteiger partial charge on any atom is -0.310 e. The average Bonchev–Trinajstić information content (AvgIpc) is 2.81. The summed E-state index contributed by atoms with van der Waals surface area (Å²) in [4.78, 5) is 10.7. The Bertz CT molecular complexity index is 816. The van der Waals surface area contributed by atoms with Gasteiger partial charge in [0.2, 0.25) is 0 Å². The number of fused-ring (bicyclic) bond motifs is 1. The van der Waals surface area contributed by atoms with Gasteiger partial charge in [-0.3, -0.25) is 10.1 Å². The summed E-state index contributed by atoms with van der Waals surface area (Å²) in [5, 5.41) is 28.9. The van der Waals surface area contributed by atoms with E-state index in [1.165, 1.54) is 12.1 Å². The number of nitriles is 1. The lowest BCUT2D eigenvalue weighted by atomic mass is 10.1. The van der Waals surface area contributed by atoms with Crippen LogP contribution in [0.2, 0.25) is 0 Å². The second-order valence-electron chi connectivity index (χ2n) is 5.39. The number of aryl methyl sites for hydroxylation is 1. The van der Waals surface area contributed by atoms with E-state index in [1.807, 2.05) is 4.57 Å². The standard InChI is InChI=1S/C16H15N5O2/c17-11-13(10-12-6-3-4-7-14(12)21(22)23)16-19-18-15-8-2-1-5-9-20(15)16/h3-4,6-7,10H,1-2,5,8-9H2/b13-10+. The minimum absolute atomic E-state index is 0.0316. The van der Waals surface area contributed by atoms with Crippen LogP contribution in [0.3, 0.4) is 0 Å². The predicted molar refractivity (Wildman–Crippen MR) is 84.2 cm³/mol. The van der Waals surface area contributed by atoms with Crippen molar-refractivity contribution in [2.45, 2.75) is 32.2 Å². The molecule has 7 heteroatoms. The monoisotopic (exact) mass is 309 g/mol. The van der Waals surface area contributed by atoms with Gasteiger partial charge in [0.15, 0.2) is 5.82 Å². The Morgan fingerprint density at radius 1 is 1.30 bits per heavy atom. The fraction of sp³-hybridized carbons (Fsp3) is 0.312. The molecule has 0 fully saturated rings. The van der Waals surface area contributed by atoms with Gasteiger partial charge in [-0.05, 0) is 25.0 Å². The maximum Gasteiger partial charge on any atom is 0.276 e. The summed E-state index contributed by atoms with van der Waals surface area (Å²) in [6, 6.07) is 8.46. The summed E-state index contributed by atoms with van der Waals surface area (Å²) in [5.74, 6) is 1.36. The number of rotatable bonds is 3. The van der Waals surface area contributed by atoms with Crippen molar-refractivity contribution in [1.29, 1.82) is 5.26 Å². The molecule has 0 N–H and O–H groups in total. The number of nitro groups is 1. The molecule has 2 heterocycles. The van der Waals surface area contributed by atoms with Crippen LogP contribution in [-0.4, -0.2) is 19.7 Å². The molecule has 7 nitrogen and oxygen atoms in total. The van der Waals surface area contributed by atoms with Gasteiger partial charge in [0.25, 0.3) is 5.69 Å². The quantitative estimate of drug-likeness (QED) is 0.493. The van der Waals surface area contributed by atoms with Crippen LogP contribution in [0.4, 0.5) is 5.69 Å². The first-order valence-electron chi connectivity index (χ1n) is 7.48. The molecular weight excluding hydrogens is 294 g/mol. The molecule has 0 amide bonds. The lowest BCUT2D eigenvalue weighted by Gasteiger charge is -2.06. The van der Waals surface area contributed by atoms with Crippen LogP contribution in [-0.2, 0) is 13.0 Å². The molecule has 1 aromatic carbocycles. The van der Waals surface area contributed by atoms with Gasteiger partial charge in [0.05, 0.1) is 16.1 Å². The van der Waals surface area contributed by atoms with E-state index < -0.39 is 4.92 Å². The fourth-order valence-corrected chi connectivity index (χ4v) is 2.76. The number of para-hydroxylation sites is 1. The third-order valence-corrected chi connectivity index (χ3v) is 3.90. The molecule has 0 bridgehead atoms. The van der Waals surface area contributed by atoms with Crippen LogP contribution in [0.15, 0.2) is 24.3 Å². The van der Waals surface area contributed by atoms with Crippen LogP contribution in [0, 0.1) is 21.4 Å². The molecule has 0 saturated heterocycles. The van der Waals surface area contributed by atoms with E-state index in [0.717, 1.165) is 38.1 Å². The summed E-state index contributed by atoms with van der Waals surface area (Å²) < 4.78 is 1.96. The number of hydrogen-bond donors (Lipinski definition) is 0. The number of aromatic nitrogens is 3. The third-order valence-electron chi connectivity index (χ3n) is 3.90. The van der Waals surface area contributed by atoms with Gasteiger partial charge < -0.3 is 4.57 Å². The van der Waals surface area contributed by atoms with Crippen molar-refractivity contribution < 1.29 is 4.92 Å². The highest BCUT2D eigenvalue weighted by atomic mass is 16.6. The molecule has 0 unspecified atom stereocenters. The Morgan fingerprint density at radius 3 is 2.91 bits per heavy atom. The molecule has 0 saturated carbocycles. The summed E-state index contributed by atoms with van der Waals surface area (Å²) in [5.41, 5.74) is 0.649. The highest BCUT2D eigenvalue weighted by molar-refractivity contribution is 5.89. The van der Waals surface area contributed by atoms with Crippen LogP contribution in [0.25, 0.3) is 11.6 Å². The van der Waals surface area contributed by atoms with Gasteiger partial charge >= 0.3 is 0 Å². The van der Waals surface area contributed by atoms with Gasteiger partial charge in [-0.1, -0.05) is 18.6 Å². The first-order valence-corrected chi connectivity index (χ1v) is 7.48. The van der Waals surface area contributed by atoms with Crippen molar-refractivity contribution in [3.05, 3.63) is 51.6 Å². The van der Waals surface area contributed by atoms with Crippen molar-refractivity contribution in [3.8, 4) is 6.07 Å². The summed E-state index contributed by atoms with van der Waals surface area (Å²) >= 11 is 0. The zero-order valence-electron chi connectivity index (χ0n) is 12.5. The fourth-order valence-electron chi connectivity index (χ4n) is 2.76. The summed E-state index contributed by atoms with van der Waals surface area (Å²) in [6.07, 6.45) is 5.56. The first kappa shape index (κ1) is 14.9. The van der Waals surface area contributed by atoms with Crippen LogP contribution in [0.5, 0.6) is 0 Å². The van der Waals surface area contributed by atoms with Crippen molar-refractivity contribution in [2.75, 3.05) is 0 Å². The largest absolute Gasteiger partial charge is 0.310 e. The Labute approximate surface area is 133 Å². The molecule has 1 aliphatic rings. The van der Waals surface area contributed by atoms with Gasteiger partial charge in [-0.15, -0.1) is 10.2 Å². The average molecular weight is 309 g/mol. The lowest BCUT2D eigenvalue weighted by Crippen LogP contribution is -2.05. The highest BCUT2D eigenvalue weighted by Crippen LogP contribution is 2.25. The topological polar surface area (TPSA) is 97.6 Å². The van der Waals surface area contributed by atoms with Gasteiger partial charge in [0.1, 0.15) is 11.9 Å². The minimum atomic E-state index is -0.453. The van der Waals surface area contributed by atoms with Crippen molar-refractivity contribution in [3.63, 3.8) is 0 Å². The van der Waals surface area contributed by atoms with E-state index in [0.29, 0.717) is 17.0 Å². The Balaban J connectivity index is 2.06. The van der Waals surface area contributed by atoms with Crippen LogP contribution >= 0.6 is 0 Å². The highest BCUT2D eigenvalue weighted by Gasteiger charge is 2.19. The molecule has 1 aliphatic heterocycles. The van der Waals surface area contributed by atoms with E-state index in [-0.39, 0.29) is 5.69 Å². The number of nitro benzene ring substituents is 1. The van der Waals surface area contributed by atoms with Crippen LogP contribution in [0.1, 0.15) is 36.5 Å². The molecule has 2 aromatic rings. The number of allylic oxidation sites excluding steroid dienone is 1. The molecule has 0 aliphatic carbocycles. The smallest absolute Gasteiger partial charge is 0.276 e. The van der Waals surface area contributed by atoms with E-state index >= 15 is 0 Å². The molecule has 23 heavy (non-hydrogen) atoms. The van der Waals surface area contributed by atoms with Crippen LogP contribution < -0.4 is 0 Å².